The fraction of sp³-hybridized carbons (Fsp3) is 0.280. The maximum Gasteiger partial charge on any atom is 0.355 e. The van der Waals surface area contributed by atoms with E-state index in [-0.39, 0.29) is 6.73 Å². The van der Waals surface area contributed by atoms with Crippen molar-refractivity contribution in [2.24, 2.45) is 4.99 Å². The Balaban J connectivity index is 1.56. The van der Waals surface area contributed by atoms with Crippen LogP contribution in [0.5, 0.6) is 0 Å². The van der Waals surface area contributed by atoms with Crippen LogP contribution in [0.25, 0.3) is 22.5 Å². The van der Waals surface area contributed by atoms with E-state index in [2.05, 4.69) is 41.6 Å². The molecular formula is C25H29N9O3. The molecule has 0 saturated carbocycles. The molecule has 0 aliphatic carbocycles. The number of carbonyl (C=O) groups excluding carboxylic acids is 2. The molecule has 2 aromatic carbocycles. The number of rotatable bonds is 10. The molecule has 1 aliphatic rings. The van der Waals surface area contributed by atoms with E-state index in [0.717, 1.165) is 28.7 Å². The lowest BCUT2D eigenvalue weighted by molar-refractivity contribution is -0.155. The van der Waals surface area contributed by atoms with Crippen LogP contribution in [0.1, 0.15) is 18.9 Å². The molecule has 0 radical (unpaired) electrons. The largest absolute Gasteiger partial charge is 0.441 e. The van der Waals surface area contributed by atoms with Gasteiger partial charge in [0, 0.05) is 31.9 Å². The molecule has 0 bridgehead atoms. The molecule has 4 rings (SSSR count). The molecule has 0 fully saturated rings. The lowest BCUT2D eigenvalue weighted by Gasteiger charge is -2.37. The first-order chi connectivity index (χ1) is 18.1. The van der Waals surface area contributed by atoms with Gasteiger partial charge < -0.3 is 20.7 Å². The quantitative estimate of drug-likeness (QED) is 0.242. The number of urea groups is 1. The maximum atomic E-state index is 13.2. The van der Waals surface area contributed by atoms with Crippen LogP contribution in [-0.2, 0) is 16.1 Å². The molecule has 2 heterocycles. The molecule has 1 aliphatic heterocycles. The van der Waals surface area contributed by atoms with Crippen molar-refractivity contribution in [2.75, 3.05) is 20.3 Å². The van der Waals surface area contributed by atoms with Gasteiger partial charge in [-0.25, -0.2) is 14.6 Å². The Morgan fingerprint density at radius 2 is 1.89 bits per heavy atom. The van der Waals surface area contributed by atoms with Gasteiger partial charge in [-0.1, -0.05) is 55.5 Å². The molecule has 192 valence electrons. The van der Waals surface area contributed by atoms with Gasteiger partial charge in [-0.15, -0.1) is 10.2 Å². The Kier molecular flexibility index (Phi) is 8.21. The van der Waals surface area contributed by atoms with Crippen LogP contribution in [0.15, 0.2) is 65.8 Å². The minimum atomic E-state index is -1.37. The second kappa shape index (κ2) is 11.9. The summed E-state index contributed by atoms with van der Waals surface area (Å²) in [5.74, 6) is -0.0623. The van der Waals surface area contributed by atoms with Crippen molar-refractivity contribution in [1.29, 1.82) is 0 Å². The third-order valence-corrected chi connectivity index (χ3v) is 5.84. The Hall–Kier alpha value is -4.58. The molecule has 12 nitrogen and oxygen atoms in total. The number of esters is 1. The highest BCUT2D eigenvalue weighted by atomic mass is 16.5. The summed E-state index contributed by atoms with van der Waals surface area (Å²) in [5, 5.41) is 22.1. The molecule has 1 aromatic heterocycles. The van der Waals surface area contributed by atoms with Crippen molar-refractivity contribution in [1.82, 2.24) is 41.5 Å². The summed E-state index contributed by atoms with van der Waals surface area (Å²) >= 11 is 0. The number of carbonyl (C=O) groups is 2. The third-order valence-electron chi connectivity index (χ3n) is 5.84. The summed E-state index contributed by atoms with van der Waals surface area (Å²) in [6.07, 6.45) is 5.58. The number of nitrogens with one attached hydrogen (secondary N) is 4. The number of hydrogen-bond acceptors (Lipinski definition) is 9. The molecule has 0 saturated heterocycles. The zero-order valence-electron chi connectivity index (χ0n) is 20.6. The normalized spacial score (nSPS) is 16.3. The van der Waals surface area contributed by atoms with E-state index in [1.54, 1.807) is 12.3 Å². The van der Waals surface area contributed by atoms with Gasteiger partial charge in [-0.3, -0.25) is 4.90 Å². The van der Waals surface area contributed by atoms with Crippen molar-refractivity contribution < 1.29 is 14.3 Å². The summed E-state index contributed by atoms with van der Waals surface area (Å²) < 4.78 is 5.38. The first-order valence-electron chi connectivity index (χ1n) is 11.8. The number of aromatic amines is 1. The minimum absolute atomic E-state index is 0.272. The van der Waals surface area contributed by atoms with Crippen molar-refractivity contribution >= 4 is 18.3 Å². The zero-order chi connectivity index (χ0) is 26.1. The standard InChI is InChI=1S/C25H29N9O3/c1-3-14-34(25(12-13-27-16-29-25)23(35)37-17-28-24(36)26-2)15-18-8-10-19(11-9-18)20-6-4-5-7-21(20)22-30-32-33-31-22/h4-13,16H,3,14-15,17H2,1-2H3,(H,27,29)(H2,26,28,36)(H,30,31,32,33). The van der Waals surface area contributed by atoms with E-state index < -0.39 is 17.7 Å². The van der Waals surface area contributed by atoms with E-state index in [1.165, 1.54) is 13.4 Å². The van der Waals surface area contributed by atoms with Gasteiger partial charge >= 0.3 is 12.0 Å². The zero-order valence-corrected chi connectivity index (χ0v) is 20.6. The summed E-state index contributed by atoms with van der Waals surface area (Å²) in [4.78, 5) is 31.1. The predicted molar refractivity (Wildman–Crippen MR) is 138 cm³/mol. The number of tetrazole rings is 1. The highest BCUT2D eigenvalue weighted by Crippen LogP contribution is 2.31. The van der Waals surface area contributed by atoms with Gasteiger partial charge in [-0.2, -0.15) is 5.21 Å². The molecule has 12 heteroatoms. The molecule has 3 aromatic rings. The SMILES string of the molecule is CCCN(Cc1ccc(-c2ccccc2-c2nn[nH]n2)cc1)C1(C(=O)OCNC(=O)NC)C=CNC=N1. The lowest BCUT2D eigenvalue weighted by atomic mass is 9.98. The number of amides is 2. The van der Waals surface area contributed by atoms with Crippen LogP contribution in [-0.4, -0.2) is 69.8 Å². The van der Waals surface area contributed by atoms with Gasteiger partial charge in [0.15, 0.2) is 6.73 Å². The lowest BCUT2D eigenvalue weighted by Crippen LogP contribution is -2.55. The van der Waals surface area contributed by atoms with E-state index in [4.69, 9.17) is 4.74 Å². The van der Waals surface area contributed by atoms with Gasteiger partial charge in [0.1, 0.15) is 0 Å². The predicted octanol–water partition coefficient (Wildman–Crippen LogP) is 2.02. The van der Waals surface area contributed by atoms with E-state index in [1.807, 2.05) is 60.4 Å². The van der Waals surface area contributed by atoms with E-state index in [0.29, 0.717) is 18.9 Å². The molecule has 0 spiro atoms. The Morgan fingerprint density at radius 1 is 1.11 bits per heavy atom. The van der Waals surface area contributed by atoms with Crippen LogP contribution >= 0.6 is 0 Å². The first kappa shape index (κ1) is 25.5. The average molecular weight is 504 g/mol. The number of ether oxygens (including phenoxy) is 1. The highest BCUT2D eigenvalue weighted by Gasteiger charge is 2.44. The van der Waals surface area contributed by atoms with Gasteiger partial charge in [0.2, 0.25) is 11.5 Å². The van der Waals surface area contributed by atoms with Crippen molar-refractivity contribution in [3.63, 3.8) is 0 Å². The summed E-state index contributed by atoms with van der Waals surface area (Å²) in [6, 6.07) is 15.5. The number of hydrogen-bond donors (Lipinski definition) is 4. The molecule has 1 atom stereocenters. The highest BCUT2D eigenvalue weighted by molar-refractivity contribution is 5.86. The van der Waals surface area contributed by atoms with E-state index >= 15 is 0 Å². The topological polar surface area (TPSA) is 150 Å². The van der Waals surface area contributed by atoms with Crippen LogP contribution in [0.3, 0.4) is 0 Å². The minimum Gasteiger partial charge on any atom is -0.441 e. The van der Waals surface area contributed by atoms with Crippen molar-refractivity contribution in [2.45, 2.75) is 25.6 Å². The molecule has 37 heavy (non-hydrogen) atoms. The number of aliphatic imine (C=N–C) groups is 1. The van der Waals surface area contributed by atoms with Crippen LogP contribution < -0.4 is 16.0 Å². The Labute approximate surface area is 214 Å². The van der Waals surface area contributed by atoms with Gasteiger partial charge in [-0.05, 0) is 34.4 Å². The molecule has 2 amide bonds. The van der Waals surface area contributed by atoms with Crippen LogP contribution in [0.2, 0.25) is 0 Å². The maximum absolute atomic E-state index is 13.2. The monoisotopic (exact) mass is 503 g/mol. The van der Waals surface area contributed by atoms with Crippen LogP contribution in [0, 0.1) is 0 Å². The summed E-state index contributed by atoms with van der Waals surface area (Å²) in [5.41, 5.74) is 2.48. The number of benzene rings is 2. The van der Waals surface area contributed by atoms with Gasteiger partial charge in [0.05, 0.1) is 6.34 Å². The third kappa shape index (κ3) is 5.81. The fourth-order valence-electron chi connectivity index (χ4n) is 4.04. The Bertz CT molecular complexity index is 1240. The second-order valence-electron chi connectivity index (χ2n) is 8.22. The number of aromatic nitrogens is 4. The fourth-order valence-corrected chi connectivity index (χ4v) is 4.04. The first-order valence-corrected chi connectivity index (χ1v) is 11.8. The Morgan fingerprint density at radius 3 is 2.54 bits per heavy atom. The smallest absolute Gasteiger partial charge is 0.355 e. The summed E-state index contributed by atoms with van der Waals surface area (Å²) in [7, 11) is 1.48. The molecular weight excluding hydrogens is 474 g/mol. The van der Waals surface area contributed by atoms with Gasteiger partial charge in [0.25, 0.3) is 0 Å². The average Bonchev–Trinajstić information content (AvgIpc) is 3.48. The molecule has 1 unspecified atom stereocenters. The number of nitrogens with zero attached hydrogens (tertiary/aromatic N) is 5. The second-order valence-corrected chi connectivity index (χ2v) is 8.22. The van der Waals surface area contributed by atoms with Crippen LogP contribution in [0.4, 0.5) is 4.79 Å². The number of H-pyrrole nitrogens is 1. The van der Waals surface area contributed by atoms with Crippen molar-refractivity contribution in [3.05, 3.63) is 66.4 Å². The summed E-state index contributed by atoms with van der Waals surface area (Å²) in [6.45, 7) is 2.79. The van der Waals surface area contributed by atoms with Crippen molar-refractivity contribution in [3.8, 4) is 22.5 Å². The van der Waals surface area contributed by atoms with E-state index in [9.17, 15) is 9.59 Å². The molecule has 4 N–H and O–H groups in total.